The Kier molecular flexibility index (Phi) is 6.14. The van der Waals surface area contributed by atoms with E-state index in [9.17, 15) is 14.3 Å². The molecule has 3 saturated carbocycles. The molecule has 3 fully saturated rings. The van der Waals surface area contributed by atoms with E-state index in [1.54, 1.807) is 0 Å². The molecule has 4 rings (SSSR count). The summed E-state index contributed by atoms with van der Waals surface area (Å²) < 4.78 is 24.2. The SMILES string of the molecule is C[C@]12CC[C@H]3[C@@H](CCC4=CC(=O)CC[C@@]43C)[C@@H]1CC[C@@H]2OP(=O)([O-])OCC[N+](C)(C)C. The van der Waals surface area contributed by atoms with Crippen molar-refractivity contribution < 1.29 is 27.8 Å². The number of ketones is 1. The van der Waals surface area contributed by atoms with Crippen LogP contribution < -0.4 is 4.89 Å². The van der Waals surface area contributed by atoms with Gasteiger partial charge in [0.2, 0.25) is 0 Å². The van der Waals surface area contributed by atoms with E-state index in [1.807, 2.05) is 27.2 Å². The number of fused-ring (bicyclic) bond motifs is 5. The topological polar surface area (TPSA) is 75.7 Å². The zero-order chi connectivity index (χ0) is 22.7. The fourth-order valence-corrected chi connectivity index (χ4v) is 8.32. The van der Waals surface area contributed by atoms with E-state index < -0.39 is 7.82 Å². The smallest absolute Gasteiger partial charge is 0.268 e. The molecule has 4 aliphatic carbocycles. The first kappa shape index (κ1) is 23.6. The van der Waals surface area contributed by atoms with Crippen LogP contribution in [0.15, 0.2) is 11.6 Å². The number of carbonyl (C=O) groups excluding carboxylic acids is 1. The monoisotopic (exact) mass is 453 g/mol. The fraction of sp³-hybridized carbons (Fsp3) is 0.875. The van der Waals surface area contributed by atoms with Crippen LogP contribution in [0, 0.1) is 28.6 Å². The maximum atomic E-state index is 12.6. The van der Waals surface area contributed by atoms with Crippen LogP contribution in [0.4, 0.5) is 0 Å². The van der Waals surface area contributed by atoms with E-state index in [-0.39, 0.29) is 29.3 Å². The van der Waals surface area contributed by atoms with E-state index in [4.69, 9.17) is 9.05 Å². The Labute approximate surface area is 187 Å². The zero-order valence-corrected chi connectivity index (χ0v) is 20.8. The number of phosphoric acid groups is 1. The summed E-state index contributed by atoms with van der Waals surface area (Å²) in [5.41, 5.74) is 1.39. The van der Waals surface area contributed by atoms with E-state index in [0.717, 1.165) is 44.9 Å². The maximum Gasteiger partial charge on any atom is 0.268 e. The van der Waals surface area contributed by atoms with Crippen molar-refractivity contribution in [1.29, 1.82) is 0 Å². The summed E-state index contributed by atoms with van der Waals surface area (Å²) in [6.07, 6.45) is 9.29. The van der Waals surface area contributed by atoms with Gasteiger partial charge in [-0.15, -0.1) is 0 Å². The van der Waals surface area contributed by atoms with Crippen molar-refractivity contribution in [3.8, 4) is 0 Å². The van der Waals surface area contributed by atoms with Crippen LogP contribution in [0.2, 0.25) is 0 Å². The summed E-state index contributed by atoms with van der Waals surface area (Å²) in [6, 6.07) is 0. The van der Waals surface area contributed by atoms with Gasteiger partial charge in [-0.1, -0.05) is 19.4 Å². The quantitative estimate of drug-likeness (QED) is 0.447. The van der Waals surface area contributed by atoms with Gasteiger partial charge in [-0.2, -0.15) is 0 Å². The Morgan fingerprint density at radius 1 is 1.10 bits per heavy atom. The molecule has 0 amide bonds. The highest BCUT2D eigenvalue weighted by molar-refractivity contribution is 7.45. The van der Waals surface area contributed by atoms with Crippen molar-refractivity contribution in [2.75, 3.05) is 34.3 Å². The molecule has 0 aromatic carbocycles. The van der Waals surface area contributed by atoms with Crippen molar-refractivity contribution in [3.63, 3.8) is 0 Å². The van der Waals surface area contributed by atoms with Gasteiger partial charge in [0, 0.05) is 6.42 Å². The van der Waals surface area contributed by atoms with Crippen molar-refractivity contribution >= 4 is 13.6 Å². The molecule has 0 spiro atoms. The van der Waals surface area contributed by atoms with Crippen LogP contribution in [-0.4, -0.2) is 50.7 Å². The molecule has 7 atom stereocenters. The van der Waals surface area contributed by atoms with E-state index in [0.29, 0.717) is 35.2 Å². The molecule has 0 saturated heterocycles. The van der Waals surface area contributed by atoms with E-state index in [2.05, 4.69) is 13.8 Å². The number of quaternary nitrogens is 1. The second kappa shape index (κ2) is 8.06. The van der Waals surface area contributed by atoms with Gasteiger partial charge < -0.3 is 18.4 Å². The van der Waals surface area contributed by atoms with Gasteiger partial charge in [0.1, 0.15) is 13.2 Å². The minimum atomic E-state index is -4.32. The minimum absolute atomic E-state index is 0.118. The van der Waals surface area contributed by atoms with Crippen LogP contribution >= 0.6 is 7.82 Å². The van der Waals surface area contributed by atoms with Crippen molar-refractivity contribution in [3.05, 3.63) is 11.6 Å². The first-order valence-electron chi connectivity index (χ1n) is 12.0. The molecule has 0 aromatic rings. The largest absolute Gasteiger partial charge is 0.756 e. The first-order chi connectivity index (χ1) is 14.3. The molecule has 176 valence electrons. The van der Waals surface area contributed by atoms with Gasteiger partial charge in [0.15, 0.2) is 5.78 Å². The molecule has 0 radical (unpaired) electrons. The molecule has 31 heavy (non-hydrogen) atoms. The predicted molar refractivity (Wildman–Crippen MR) is 118 cm³/mol. The molecule has 7 heteroatoms. The third-order valence-corrected chi connectivity index (χ3v) is 10.2. The van der Waals surface area contributed by atoms with Crippen LogP contribution in [0.3, 0.4) is 0 Å². The number of rotatable bonds is 6. The number of likely N-dealkylation sites (N-methyl/N-ethyl adjacent to an activating group) is 1. The normalized spacial score (nSPS) is 42.3. The van der Waals surface area contributed by atoms with Gasteiger partial charge in [-0.25, -0.2) is 0 Å². The highest BCUT2D eigenvalue weighted by Gasteiger charge is 2.59. The number of allylic oxidation sites excluding steroid dienone is 1. The van der Waals surface area contributed by atoms with Gasteiger partial charge in [-0.3, -0.25) is 9.36 Å². The molecule has 0 aliphatic heterocycles. The summed E-state index contributed by atoms with van der Waals surface area (Å²) in [5.74, 6) is 1.96. The van der Waals surface area contributed by atoms with Gasteiger partial charge in [-0.05, 0) is 79.6 Å². The van der Waals surface area contributed by atoms with Gasteiger partial charge in [0.05, 0.1) is 27.2 Å². The minimum Gasteiger partial charge on any atom is -0.756 e. The molecule has 0 aromatic heterocycles. The molecule has 4 aliphatic rings. The molecule has 0 heterocycles. The van der Waals surface area contributed by atoms with Crippen molar-refractivity contribution in [2.45, 2.75) is 71.3 Å². The lowest BCUT2D eigenvalue weighted by molar-refractivity contribution is -0.870. The molecular formula is C24H40NO5P. The van der Waals surface area contributed by atoms with Crippen LogP contribution in [-0.2, 0) is 18.4 Å². The average molecular weight is 454 g/mol. The number of hydrogen-bond donors (Lipinski definition) is 0. The lowest BCUT2D eigenvalue weighted by Crippen LogP contribution is -2.51. The highest BCUT2D eigenvalue weighted by atomic mass is 31.2. The second-order valence-corrected chi connectivity index (χ2v) is 13.3. The number of carbonyl (C=O) groups is 1. The fourth-order valence-electron chi connectivity index (χ4n) is 7.30. The van der Waals surface area contributed by atoms with Gasteiger partial charge in [0.25, 0.3) is 7.82 Å². The lowest BCUT2D eigenvalue weighted by atomic mass is 9.47. The Bertz CT molecular complexity index is 804. The Morgan fingerprint density at radius 2 is 1.84 bits per heavy atom. The molecule has 6 nitrogen and oxygen atoms in total. The molecule has 0 bridgehead atoms. The molecule has 0 N–H and O–H groups in total. The highest BCUT2D eigenvalue weighted by Crippen LogP contribution is 2.66. The van der Waals surface area contributed by atoms with Gasteiger partial charge >= 0.3 is 0 Å². The summed E-state index contributed by atoms with van der Waals surface area (Å²) in [7, 11) is 1.70. The predicted octanol–water partition coefficient (Wildman–Crippen LogP) is 4.09. The number of phosphoric ester groups is 1. The average Bonchev–Trinajstić information content (AvgIpc) is 2.97. The Morgan fingerprint density at radius 3 is 2.55 bits per heavy atom. The maximum absolute atomic E-state index is 12.6. The molecule has 1 unspecified atom stereocenters. The number of nitrogens with zero attached hydrogens (tertiary/aromatic N) is 1. The van der Waals surface area contributed by atoms with Crippen LogP contribution in [0.1, 0.15) is 65.2 Å². The van der Waals surface area contributed by atoms with Crippen molar-refractivity contribution in [1.82, 2.24) is 0 Å². The second-order valence-electron chi connectivity index (χ2n) is 12.0. The third kappa shape index (κ3) is 4.48. The summed E-state index contributed by atoms with van der Waals surface area (Å²) in [6.45, 7) is 5.38. The summed E-state index contributed by atoms with van der Waals surface area (Å²) in [4.78, 5) is 24.6. The zero-order valence-electron chi connectivity index (χ0n) is 19.9. The Hall–Kier alpha value is -0.520. The third-order valence-electron chi connectivity index (χ3n) is 9.14. The lowest BCUT2D eigenvalue weighted by Gasteiger charge is -2.58. The summed E-state index contributed by atoms with van der Waals surface area (Å²) in [5, 5.41) is 0. The summed E-state index contributed by atoms with van der Waals surface area (Å²) >= 11 is 0. The Balaban J connectivity index is 1.45. The van der Waals surface area contributed by atoms with Crippen LogP contribution in [0.25, 0.3) is 0 Å². The van der Waals surface area contributed by atoms with Crippen LogP contribution in [0.5, 0.6) is 0 Å². The van der Waals surface area contributed by atoms with E-state index >= 15 is 0 Å². The molecular weight excluding hydrogens is 413 g/mol. The van der Waals surface area contributed by atoms with E-state index in [1.165, 1.54) is 5.57 Å². The standard InChI is InChI=1S/C24H40NO5P/c1-23-12-10-18(26)16-17(23)6-7-19-20-8-9-22(24(20,2)13-11-21(19)23)30-31(27,28)29-15-14-25(3,4)5/h16,19-22H,6-15H2,1-5H3/t19-,20-,21-,22-,23-,24-/m0/s1. The first-order valence-corrected chi connectivity index (χ1v) is 13.5. The number of hydrogen-bond acceptors (Lipinski definition) is 5. The van der Waals surface area contributed by atoms with Crippen molar-refractivity contribution in [2.24, 2.45) is 28.6 Å².